The summed E-state index contributed by atoms with van der Waals surface area (Å²) in [7, 11) is 1.77. The zero-order chi connectivity index (χ0) is 15.1. The number of amides is 1. The van der Waals surface area contributed by atoms with E-state index in [4.69, 9.17) is 5.73 Å². The van der Waals surface area contributed by atoms with Crippen molar-refractivity contribution in [1.29, 1.82) is 0 Å². The third-order valence-electron chi connectivity index (χ3n) is 3.98. The van der Waals surface area contributed by atoms with Gasteiger partial charge in [0, 0.05) is 26.2 Å². The highest BCUT2D eigenvalue weighted by molar-refractivity contribution is 5.90. The van der Waals surface area contributed by atoms with Gasteiger partial charge in [0.05, 0.1) is 5.69 Å². The summed E-state index contributed by atoms with van der Waals surface area (Å²) in [4.78, 5) is 15.9. The van der Waals surface area contributed by atoms with Crippen LogP contribution in [0.25, 0.3) is 0 Å². The van der Waals surface area contributed by atoms with Crippen molar-refractivity contribution in [3.05, 3.63) is 29.6 Å². The molecular formula is C15H22FN3O. The molecule has 0 spiro atoms. The van der Waals surface area contributed by atoms with Crippen molar-refractivity contribution >= 4 is 11.6 Å². The van der Waals surface area contributed by atoms with Crippen LogP contribution in [-0.2, 0) is 4.79 Å². The lowest BCUT2D eigenvalue weighted by Gasteiger charge is -2.47. The molecule has 1 aliphatic heterocycles. The van der Waals surface area contributed by atoms with Crippen molar-refractivity contribution in [3.8, 4) is 0 Å². The molecule has 0 aliphatic carbocycles. The minimum atomic E-state index is -0.779. The minimum absolute atomic E-state index is 0.0115. The van der Waals surface area contributed by atoms with Crippen molar-refractivity contribution in [2.75, 3.05) is 25.0 Å². The van der Waals surface area contributed by atoms with E-state index in [2.05, 4.69) is 0 Å². The molecule has 0 aromatic heterocycles. The van der Waals surface area contributed by atoms with Crippen LogP contribution < -0.4 is 10.6 Å². The Kier molecular flexibility index (Phi) is 3.73. The second-order valence-corrected chi connectivity index (χ2v) is 5.90. The average Bonchev–Trinajstić information content (AvgIpc) is 2.37. The number of rotatable bonds is 2. The van der Waals surface area contributed by atoms with Gasteiger partial charge in [-0.15, -0.1) is 0 Å². The zero-order valence-corrected chi connectivity index (χ0v) is 12.5. The SMILES string of the molecule is CC(N)c1cccc(F)c1N1CCN(C)C(=O)C1(C)C. The lowest BCUT2D eigenvalue weighted by molar-refractivity contribution is -0.136. The van der Waals surface area contributed by atoms with Gasteiger partial charge in [-0.2, -0.15) is 0 Å². The quantitative estimate of drug-likeness (QED) is 0.899. The highest BCUT2D eigenvalue weighted by Crippen LogP contribution is 2.35. The summed E-state index contributed by atoms with van der Waals surface area (Å²) in [6.45, 7) is 6.64. The van der Waals surface area contributed by atoms with Gasteiger partial charge >= 0.3 is 0 Å². The number of hydrogen-bond acceptors (Lipinski definition) is 3. The fraction of sp³-hybridized carbons (Fsp3) is 0.533. The van der Waals surface area contributed by atoms with Crippen LogP contribution in [0.3, 0.4) is 0 Å². The number of carbonyl (C=O) groups is 1. The van der Waals surface area contributed by atoms with Crippen molar-refractivity contribution in [1.82, 2.24) is 4.90 Å². The van der Waals surface area contributed by atoms with Crippen molar-refractivity contribution in [2.45, 2.75) is 32.4 Å². The minimum Gasteiger partial charge on any atom is -0.353 e. The molecule has 1 saturated heterocycles. The first-order valence-corrected chi connectivity index (χ1v) is 6.84. The van der Waals surface area contributed by atoms with Gasteiger partial charge in [-0.1, -0.05) is 12.1 Å². The third kappa shape index (κ3) is 2.26. The summed E-state index contributed by atoms with van der Waals surface area (Å²) in [6, 6.07) is 4.61. The molecule has 1 atom stereocenters. The van der Waals surface area contributed by atoms with Gasteiger partial charge in [-0.3, -0.25) is 4.79 Å². The molecule has 20 heavy (non-hydrogen) atoms. The molecule has 1 aromatic rings. The Hall–Kier alpha value is -1.62. The van der Waals surface area contributed by atoms with E-state index in [1.165, 1.54) is 6.07 Å². The topological polar surface area (TPSA) is 49.6 Å². The maximum Gasteiger partial charge on any atom is 0.247 e. The smallest absolute Gasteiger partial charge is 0.247 e. The predicted octanol–water partition coefficient (Wildman–Crippen LogP) is 1.90. The van der Waals surface area contributed by atoms with Crippen LogP contribution in [0.4, 0.5) is 10.1 Å². The largest absolute Gasteiger partial charge is 0.353 e. The first kappa shape index (κ1) is 14.8. The number of nitrogens with zero attached hydrogens (tertiary/aromatic N) is 2. The molecule has 0 saturated carbocycles. The van der Waals surface area contributed by atoms with E-state index in [1.807, 2.05) is 31.7 Å². The summed E-state index contributed by atoms with van der Waals surface area (Å²) < 4.78 is 14.3. The first-order chi connectivity index (χ1) is 9.26. The Bertz CT molecular complexity index is 528. The van der Waals surface area contributed by atoms with Gasteiger partial charge in [-0.05, 0) is 32.4 Å². The molecule has 1 fully saturated rings. The normalized spacial score (nSPS) is 20.2. The summed E-state index contributed by atoms with van der Waals surface area (Å²) in [5.74, 6) is -0.340. The van der Waals surface area contributed by atoms with E-state index in [-0.39, 0.29) is 17.8 Å². The fourth-order valence-electron chi connectivity index (χ4n) is 2.79. The molecule has 0 bridgehead atoms. The van der Waals surface area contributed by atoms with Crippen molar-refractivity contribution in [2.24, 2.45) is 5.73 Å². The zero-order valence-electron chi connectivity index (χ0n) is 12.5. The second-order valence-electron chi connectivity index (χ2n) is 5.90. The predicted molar refractivity (Wildman–Crippen MR) is 78.1 cm³/mol. The number of benzene rings is 1. The standard InChI is InChI=1S/C15H22FN3O/c1-10(17)11-6-5-7-12(16)13(11)19-9-8-18(4)14(20)15(19,2)3/h5-7,10H,8-9,17H2,1-4H3. The van der Waals surface area contributed by atoms with Gasteiger partial charge in [-0.25, -0.2) is 4.39 Å². The summed E-state index contributed by atoms with van der Waals surface area (Å²) in [5.41, 5.74) is 6.36. The van der Waals surface area contributed by atoms with Crippen LogP contribution in [0.2, 0.25) is 0 Å². The van der Waals surface area contributed by atoms with Crippen LogP contribution in [-0.4, -0.2) is 36.5 Å². The molecule has 1 aliphatic rings. The molecule has 5 heteroatoms. The highest BCUT2D eigenvalue weighted by atomic mass is 19.1. The summed E-state index contributed by atoms with van der Waals surface area (Å²) >= 11 is 0. The van der Waals surface area contributed by atoms with E-state index < -0.39 is 5.54 Å². The Morgan fingerprint density at radius 1 is 1.35 bits per heavy atom. The number of para-hydroxylation sites is 1. The number of anilines is 1. The molecule has 0 radical (unpaired) electrons. The molecule has 1 amide bonds. The lowest BCUT2D eigenvalue weighted by atomic mass is 9.94. The average molecular weight is 279 g/mol. The third-order valence-corrected chi connectivity index (χ3v) is 3.98. The molecule has 110 valence electrons. The molecule has 2 N–H and O–H groups in total. The van der Waals surface area contributed by atoms with E-state index in [1.54, 1.807) is 18.0 Å². The van der Waals surface area contributed by atoms with E-state index >= 15 is 0 Å². The van der Waals surface area contributed by atoms with E-state index in [0.29, 0.717) is 18.8 Å². The van der Waals surface area contributed by atoms with Crippen LogP contribution >= 0.6 is 0 Å². The first-order valence-electron chi connectivity index (χ1n) is 6.84. The van der Waals surface area contributed by atoms with Gasteiger partial charge in [0.1, 0.15) is 11.4 Å². The van der Waals surface area contributed by atoms with E-state index in [0.717, 1.165) is 5.56 Å². The number of likely N-dealkylation sites (N-methyl/N-ethyl adjacent to an activating group) is 1. The van der Waals surface area contributed by atoms with Crippen LogP contribution in [0.1, 0.15) is 32.4 Å². The molecular weight excluding hydrogens is 257 g/mol. The second kappa shape index (κ2) is 5.05. The summed E-state index contributed by atoms with van der Waals surface area (Å²) in [6.07, 6.45) is 0. The van der Waals surface area contributed by atoms with Crippen molar-refractivity contribution in [3.63, 3.8) is 0 Å². The number of piperazine rings is 1. The Balaban J connectivity index is 2.54. The monoisotopic (exact) mass is 279 g/mol. The molecule has 2 rings (SSSR count). The summed E-state index contributed by atoms with van der Waals surface area (Å²) in [5, 5.41) is 0. The lowest BCUT2D eigenvalue weighted by Crippen LogP contribution is -2.62. The Labute approximate surface area is 119 Å². The molecule has 4 nitrogen and oxygen atoms in total. The Morgan fingerprint density at radius 3 is 2.60 bits per heavy atom. The molecule has 1 aromatic carbocycles. The molecule has 1 unspecified atom stereocenters. The van der Waals surface area contributed by atoms with Gasteiger partial charge in [0.2, 0.25) is 5.91 Å². The maximum absolute atomic E-state index is 14.3. The van der Waals surface area contributed by atoms with Crippen LogP contribution in [0, 0.1) is 5.82 Å². The maximum atomic E-state index is 14.3. The van der Waals surface area contributed by atoms with Gasteiger partial charge in [0.25, 0.3) is 0 Å². The number of hydrogen-bond donors (Lipinski definition) is 1. The highest BCUT2D eigenvalue weighted by Gasteiger charge is 2.42. The molecule has 1 heterocycles. The van der Waals surface area contributed by atoms with Gasteiger partial charge < -0.3 is 15.5 Å². The van der Waals surface area contributed by atoms with Gasteiger partial charge in [0.15, 0.2) is 0 Å². The van der Waals surface area contributed by atoms with Crippen LogP contribution in [0.5, 0.6) is 0 Å². The number of halogens is 1. The van der Waals surface area contributed by atoms with Crippen LogP contribution in [0.15, 0.2) is 18.2 Å². The Morgan fingerprint density at radius 2 is 2.00 bits per heavy atom. The number of nitrogens with two attached hydrogens (primary N) is 1. The van der Waals surface area contributed by atoms with E-state index in [9.17, 15) is 9.18 Å². The van der Waals surface area contributed by atoms with Crippen molar-refractivity contribution < 1.29 is 9.18 Å². The number of carbonyl (C=O) groups excluding carboxylic acids is 1. The fourth-order valence-corrected chi connectivity index (χ4v) is 2.79.